The molecular formula is C18H19FN2O5S. The zero-order valence-electron chi connectivity index (χ0n) is 14.7. The molecule has 144 valence electrons. The zero-order valence-corrected chi connectivity index (χ0v) is 15.5. The number of esters is 1. The number of nitrogens with one attached hydrogen (secondary N) is 2. The van der Waals surface area contributed by atoms with Gasteiger partial charge in [-0.05, 0) is 62.4 Å². The molecule has 0 spiro atoms. The molecule has 0 fully saturated rings. The Morgan fingerprint density at radius 2 is 1.63 bits per heavy atom. The van der Waals surface area contributed by atoms with Crippen molar-refractivity contribution in [1.29, 1.82) is 0 Å². The van der Waals surface area contributed by atoms with E-state index in [0.717, 1.165) is 24.3 Å². The van der Waals surface area contributed by atoms with Crippen LogP contribution in [0.3, 0.4) is 0 Å². The van der Waals surface area contributed by atoms with Crippen LogP contribution in [0, 0.1) is 5.82 Å². The molecule has 0 heterocycles. The maximum Gasteiger partial charge on any atom is 0.338 e. The summed E-state index contributed by atoms with van der Waals surface area (Å²) in [4.78, 5) is 23.3. The quantitative estimate of drug-likeness (QED) is 0.702. The van der Waals surface area contributed by atoms with Crippen LogP contribution in [0.15, 0.2) is 53.4 Å². The van der Waals surface area contributed by atoms with Crippen LogP contribution in [0.5, 0.6) is 0 Å². The number of sulfonamides is 1. The minimum atomic E-state index is -3.88. The van der Waals surface area contributed by atoms with Crippen molar-refractivity contribution < 1.29 is 27.1 Å². The van der Waals surface area contributed by atoms with Gasteiger partial charge in [-0.3, -0.25) is 9.52 Å². The highest BCUT2D eigenvalue weighted by atomic mass is 32.2. The lowest BCUT2D eigenvalue weighted by molar-refractivity contribution is -0.124. The fourth-order valence-corrected chi connectivity index (χ4v) is 3.14. The van der Waals surface area contributed by atoms with Crippen molar-refractivity contribution in [2.45, 2.75) is 24.8 Å². The molecular weight excluding hydrogens is 375 g/mol. The number of anilines is 1. The third-order valence-corrected chi connectivity index (χ3v) is 4.68. The van der Waals surface area contributed by atoms with Gasteiger partial charge in [0.05, 0.1) is 10.5 Å². The van der Waals surface area contributed by atoms with Crippen molar-refractivity contribution in [3.05, 3.63) is 59.9 Å². The van der Waals surface area contributed by atoms with Gasteiger partial charge in [-0.2, -0.15) is 0 Å². The minimum absolute atomic E-state index is 0.0652. The normalized spacial score (nSPS) is 11.1. The highest BCUT2D eigenvalue weighted by Crippen LogP contribution is 2.17. The predicted octanol–water partition coefficient (Wildman–Crippen LogP) is 2.31. The van der Waals surface area contributed by atoms with Gasteiger partial charge >= 0.3 is 5.97 Å². The van der Waals surface area contributed by atoms with Gasteiger partial charge in [-0.15, -0.1) is 0 Å². The van der Waals surface area contributed by atoms with Gasteiger partial charge in [-0.25, -0.2) is 17.6 Å². The summed E-state index contributed by atoms with van der Waals surface area (Å²) in [6, 6.07) is 9.81. The van der Waals surface area contributed by atoms with Gasteiger partial charge in [0, 0.05) is 11.7 Å². The third kappa shape index (κ3) is 6.07. The molecule has 0 radical (unpaired) electrons. The van der Waals surface area contributed by atoms with E-state index >= 15 is 0 Å². The smallest absolute Gasteiger partial charge is 0.338 e. The lowest BCUT2D eigenvalue weighted by atomic mass is 10.2. The molecule has 0 aliphatic carbocycles. The van der Waals surface area contributed by atoms with Crippen LogP contribution in [0.2, 0.25) is 0 Å². The van der Waals surface area contributed by atoms with Crippen LogP contribution in [-0.4, -0.2) is 32.9 Å². The number of benzene rings is 2. The van der Waals surface area contributed by atoms with Crippen LogP contribution < -0.4 is 10.0 Å². The standard InChI is InChI=1S/C18H19FN2O5S/c1-12(2)20-17(22)11-26-18(23)13-3-7-15(8-4-13)21-27(24,25)16-9-5-14(19)6-10-16/h3-10,12,21H,11H2,1-2H3,(H,20,22). The Labute approximate surface area is 156 Å². The number of rotatable bonds is 7. The number of hydrogen-bond donors (Lipinski definition) is 2. The first-order valence-electron chi connectivity index (χ1n) is 8.02. The van der Waals surface area contributed by atoms with Crippen LogP contribution >= 0.6 is 0 Å². The third-order valence-electron chi connectivity index (χ3n) is 3.28. The summed E-state index contributed by atoms with van der Waals surface area (Å²) in [5, 5.41) is 2.59. The number of carbonyl (C=O) groups excluding carboxylic acids is 2. The van der Waals surface area contributed by atoms with Gasteiger partial charge in [-0.1, -0.05) is 0 Å². The largest absolute Gasteiger partial charge is 0.452 e. The first-order valence-corrected chi connectivity index (χ1v) is 9.50. The molecule has 0 atom stereocenters. The zero-order chi connectivity index (χ0) is 20.0. The van der Waals surface area contributed by atoms with E-state index in [1.54, 1.807) is 13.8 Å². The number of amides is 1. The van der Waals surface area contributed by atoms with Gasteiger partial charge in [0.25, 0.3) is 15.9 Å². The monoisotopic (exact) mass is 394 g/mol. The molecule has 0 saturated heterocycles. The second-order valence-corrected chi connectivity index (χ2v) is 7.62. The summed E-state index contributed by atoms with van der Waals surface area (Å²) in [5.74, 6) is -1.66. The summed E-state index contributed by atoms with van der Waals surface area (Å²) in [6.45, 7) is 3.16. The molecule has 2 N–H and O–H groups in total. The summed E-state index contributed by atoms with van der Waals surface area (Å²) < 4.78 is 44.6. The van der Waals surface area contributed by atoms with Crippen LogP contribution in [0.25, 0.3) is 0 Å². The Morgan fingerprint density at radius 3 is 2.19 bits per heavy atom. The SMILES string of the molecule is CC(C)NC(=O)COC(=O)c1ccc(NS(=O)(=O)c2ccc(F)cc2)cc1. The summed E-state index contributed by atoms with van der Waals surface area (Å²) in [7, 11) is -3.88. The number of halogens is 1. The summed E-state index contributed by atoms with van der Waals surface area (Å²) in [5.41, 5.74) is 0.380. The number of ether oxygens (including phenoxy) is 1. The molecule has 2 aromatic carbocycles. The molecule has 27 heavy (non-hydrogen) atoms. The second-order valence-electron chi connectivity index (χ2n) is 5.94. The maximum atomic E-state index is 12.9. The molecule has 0 saturated carbocycles. The highest BCUT2D eigenvalue weighted by molar-refractivity contribution is 7.92. The minimum Gasteiger partial charge on any atom is -0.452 e. The van der Waals surface area contributed by atoms with E-state index in [0.29, 0.717) is 0 Å². The van der Waals surface area contributed by atoms with Gasteiger partial charge in [0.1, 0.15) is 5.82 Å². The molecule has 0 aliphatic rings. The van der Waals surface area contributed by atoms with E-state index in [1.165, 1.54) is 24.3 Å². The second kappa shape index (κ2) is 8.63. The van der Waals surface area contributed by atoms with Crippen molar-refractivity contribution in [3.8, 4) is 0 Å². The predicted molar refractivity (Wildman–Crippen MR) is 97.2 cm³/mol. The van der Waals surface area contributed by atoms with Crippen molar-refractivity contribution >= 4 is 27.6 Å². The molecule has 7 nitrogen and oxygen atoms in total. The molecule has 2 aromatic rings. The van der Waals surface area contributed by atoms with Gasteiger partial charge < -0.3 is 10.1 Å². The first-order chi connectivity index (χ1) is 12.7. The van der Waals surface area contributed by atoms with E-state index < -0.39 is 34.3 Å². The van der Waals surface area contributed by atoms with E-state index in [2.05, 4.69) is 10.0 Å². The van der Waals surface area contributed by atoms with Crippen LogP contribution in [0.1, 0.15) is 24.2 Å². The lowest BCUT2D eigenvalue weighted by Gasteiger charge is -2.10. The molecule has 2 rings (SSSR count). The molecule has 0 aliphatic heterocycles. The summed E-state index contributed by atoms with van der Waals surface area (Å²) in [6.07, 6.45) is 0. The lowest BCUT2D eigenvalue weighted by Crippen LogP contribution is -2.33. The molecule has 0 aromatic heterocycles. The summed E-state index contributed by atoms with van der Waals surface area (Å²) >= 11 is 0. The fourth-order valence-electron chi connectivity index (χ4n) is 2.08. The first kappa shape index (κ1) is 20.4. The van der Waals surface area contributed by atoms with Crippen LogP contribution in [-0.2, 0) is 19.6 Å². The Hall–Kier alpha value is -2.94. The average Bonchev–Trinajstić information content (AvgIpc) is 2.60. The average molecular weight is 394 g/mol. The van der Waals surface area contributed by atoms with Crippen molar-refractivity contribution in [3.63, 3.8) is 0 Å². The van der Waals surface area contributed by atoms with E-state index in [4.69, 9.17) is 4.74 Å². The maximum absolute atomic E-state index is 12.9. The molecule has 0 unspecified atom stereocenters. The highest BCUT2D eigenvalue weighted by Gasteiger charge is 2.15. The van der Waals surface area contributed by atoms with Crippen molar-refractivity contribution in [2.24, 2.45) is 0 Å². The Morgan fingerprint density at radius 1 is 1.04 bits per heavy atom. The molecule has 1 amide bonds. The topological polar surface area (TPSA) is 102 Å². The molecule has 9 heteroatoms. The van der Waals surface area contributed by atoms with E-state index in [1.807, 2.05) is 0 Å². The molecule has 0 bridgehead atoms. The van der Waals surface area contributed by atoms with Gasteiger partial charge in [0.15, 0.2) is 6.61 Å². The number of hydrogen-bond acceptors (Lipinski definition) is 5. The Balaban J connectivity index is 1.99. The van der Waals surface area contributed by atoms with Crippen LogP contribution in [0.4, 0.5) is 10.1 Å². The van der Waals surface area contributed by atoms with Crippen molar-refractivity contribution in [2.75, 3.05) is 11.3 Å². The van der Waals surface area contributed by atoms with E-state index in [-0.39, 0.29) is 22.2 Å². The van der Waals surface area contributed by atoms with E-state index in [9.17, 15) is 22.4 Å². The Bertz CT molecular complexity index is 910. The van der Waals surface area contributed by atoms with Crippen molar-refractivity contribution in [1.82, 2.24) is 5.32 Å². The number of carbonyl (C=O) groups is 2. The van der Waals surface area contributed by atoms with Gasteiger partial charge in [0.2, 0.25) is 0 Å². The Kier molecular flexibility index (Phi) is 6.51. The fraction of sp³-hybridized carbons (Fsp3) is 0.222.